The van der Waals surface area contributed by atoms with Crippen LogP contribution in [0.3, 0.4) is 0 Å². The Kier molecular flexibility index (Phi) is 12.3. The molecule has 0 unspecified atom stereocenters. The predicted octanol–water partition coefficient (Wildman–Crippen LogP) is 3.25. The monoisotopic (exact) mass is 460 g/mol. The van der Waals surface area contributed by atoms with Crippen molar-refractivity contribution in [3.63, 3.8) is 0 Å². The van der Waals surface area contributed by atoms with E-state index < -0.39 is 11.9 Å². The van der Waals surface area contributed by atoms with Gasteiger partial charge in [-0.3, -0.25) is 0 Å². The zero-order chi connectivity index (χ0) is 24.7. The van der Waals surface area contributed by atoms with Crippen molar-refractivity contribution in [1.82, 2.24) is 0 Å². The molecule has 0 aromatic heterocycles. The van der Waals surface area contributed by atoms with Crippen LogP contribution in [0.5, 0.6) is 11.5 Å². The molecule has 4 N–H and O–H groups in total. The van der Waals surface area contributed by atoms with Crippen LogP contribution in [0.25, 0.3) is 0 Å². The van der Waals surface area contributed by atoms with Crippen LogP contribution in [0.15, 0.2) is 60.7 Å². The minimum absolute atomic E-state index is 0.132. The Morgan fingerprint density at radius 2 is 1.06 bits per heavy atom. The van der Waals surface area contributed by atoms with Gasteiger partial charge in [0.15, 0.2) is 0 Å². The highest BCUT2D eigenvalue weighted by molar-refractivity contribution is 5.89. The number of hydrogen-bond acceptors (Lipinski definition) is 6. The molecule has 0 saturated carbocycles. The first-order valence-electron chi connectivity index (χ1n) is 10.5. The van der Waals surface area contributed by atoms with Gasteiger partial charge in [0.25, 0.3) is 0 Å². The molecule has 0 fully saturated rings. The normalized spacial score (nSPS) is 10.9. The Bertz CT molecular complexity index is 799. The van der Waals surface area contributed by atoms with Crippen molar-refractivity contribution in [2.45, 2.75) is 32.1 Å². The highest BCUT2D eigenvalue weighted by atomic mass is 16.5. The second-order valence-electron chi connectivity index (χ2n) is 7.53. The smallest absolute Gasteiger partial charge is 0.328 e. The number of benzene rings is 2. The summed E-state index contributed by atoms with van der Waals surface area (Å²) in [6.07, 6.45) is 2.39. The Balaban J connectivity index is 0.000000582. The van der Waals surface area contributed by atoms with Gasteiger partial charge in [-0.2, -0.15) is 0 Å². The quantitative estimate of drug-likeness (QED) is 0.280. The lowest BCUT2D eigenvalue weighted by molar-refractivity contribution is -0.134. The second kappa shape index (κ2) is 14.7. The lowest BCUT2D eigenvalue weighted by Gasteiger charge is -2.26. The molecule has 0 heterocycles. The number of hydrogen-bond donors (Lipinski definition) is 4. The molecule has 0 saturated heterocycles. The third-order valence-corrected chi connectivity index (χ3v) is 4.66. The number of aliphatic hydroxyl groups is 2. The molecule has 0 atom stereocenters. The molecule has 2 aromatic rings. The molecule has 8 heteroatoms. The van der Waals surface area contributed by atoms with E-state index in [9.17, 15) is 9.59 Å². The van der Waals surface area contributed by atoms with E-state index >= 15 is 0 Å². The number of carboxylic acids is 2. The average molecular weight is 461 g/mol. The number of carbonyl (C=O) groups is 2. The maximum absolute atomic E-state index is 9.55. The summed E-state index contributed by atoms with van der Waals surface area (Å²) < 4.78 is 11.2. The highest BCUT2D eigenvalue weighted by Gasteiger charge is 2.23. The van der Waals surface area contributed by atoms with Gasteiger partial charge in [0.2, 0.25) is 0 Å². The number of ether oxygens (including phenoxy) is 2. The van der Waals surface area contributed by atoms with E-state index in [0.29, 0.717) is 38.2 Å². The molecule has 0 spiro atoms. The van der Waals surface area contributed by atoms with Crippen LogP contribution in [0.4, 0.5) is 0 Å². The molecule has 0 radical (unpaired) electrons. The Labute approximate surface area is 193 Å². The Hall–Kier alpha value is -3.36. The predicted molar refractivity (Wildman–Crippen MR) is 124 cm³/mol. The molecule has 8 nitrogen and oxygen atoms in total. The van der Waals surface area contributed by atoms with Gasteiger partial charge < -0.3 is 29.9 Å². The van der Waals surface area contributed by atoms with Gasteiger partial charge in [0.05, 0.1) is 13.2 Å². The van der Waals surface area contributed by atoms with Crippen molar-refractivity contribution in [2.24, 2.45) is 0 Å². The number of rotatable bonds is 12. The molecule has 180 valence electrons. The van der Waals surface area contributed by atoms with Crippen LogP contribution in [-0.2, 0) is 15.0 Å². The van der Waals surface area contributed by atoms with E-state index in [-0.39, 0.29) is 18.6 Å². The van der Waals surface area contributed by atoms with E-state index in [2.05, 4.69) is 38.1 Å². The van der Waals surface area contributed by atoms with Gasteiger partial charge in [-0.25, -0.2) is 9.59 Å². The largest absolute Gasteiger partial charge is 0.494 e. The first-order valence-corrected chi connectivity index (χ1v) is 10.5. The highest BCUT2D eigenvalue weighted by Crippen LogP contribution is 2.33. The summed E-state index contributed by atoms with van der Waals surface area (Å²) in [5.41, 5.74) is 2.28. The molecule has 2 rings (SSSR count). The Morgan fingerprint density at radius 1 is 0.727 bits per heavy atom. The summed E-state index contributed by atoms with van der Waals surface area (Å²) in [4.78, 5) is 19.1. The van der Waals surface area contributed by atoms with Crippen molar-refractivity contribution >= 4 is 11.9 Å². The van der Waals surface area contributed by atoms with E-state index in [1.165, 1.54) is 11.1 Å². The minimum Gasteiger partial charge on any atom is -0.494 e. The van der Waals surface area contributed by atoms with Gasteiger partial charge in [-0.05, 0) is 35.4 Å². The van der Waals surface area contributed by atoms with Crippen molar-refractivity contribution < 1.29 is 39.5 Å². The summed E-state index contributed by atoms with van der Waals surface area (Å²) in [7, 11) is 0. The third-order valence-electron chi connectivity index (χ3n) is 4.66. The lowest BCUT2D eigenvalue weighted by Crippen LogP contribution is -2.18. The summed E-state index contributed by atoms with van der Waals surface area (Å²) in [5.74, 6) is -0.874. The molecule has 0 bridgehead atoms. The molecule has 0 aliphatic carbocycles. The van der Waals surface area contributed by atoms with Crippen LogP contribution < -0.4 is 9.47 Å². The Morgan fingerprint density at radius 3 is 1.33 bits per heavy atom. The zero-order valence-corrected chi connectivity index (χ0v) is 18.9. The zero-order valence-electron chi connectivity index (χ0n) is 18.9. The van der Waals surface area contributed by atoms with Crippen molar-refractivity contribution in [3.05, 3.63) is 71.8 Å². The molecule has 2 aromatic carbocycles. The number of aliphatic carboxylic acids is 2. The number of carboxylic acid groups (broad SMARTS) is 2. The van der Waals surface area contributed by atoms with Gasteiger partial charge in [-0.15, -0.1) is 0 Å². The van der Waals surface area contributed by atoms with E-state index in [0.717, 1.165) is 11.5 Å². The summed E-state index contributed by atoms with van der Waals surface area (Å²) in [6, 6.07) is 16.2. The van der Waals surface area contributed by atoms with Crippen LogP contribution in [0.1, 0.15) is 37.8 Å². The fourth-order valence-electron chi connectivity index (χ4n) is 2.75. The lowest BCUT2D eigenvalue weighted by atomic mass is 9.78. The maximum Gasteiger partial charge on any atom is 0.328 e. The molecular weight excluding hydrogens is 428 g/mol. The van der Waals surface area contributed by atoms with Gasteiger partial charge in [0.1, 0.15) is 11.5 Å². The summed E-state index contributed by atoms with van der Waals surface area (Å²) in [5, 5.41) is 33.2. The fraction of sp³-hybridized carbons (Fsp3) is 0.360. The molecular formula is C25H32O8. The van der Waals surface area contributed by atoms with Crippen molar-refractivity contribution in [2.75, 3.05) is 26.4 Å². The van der Waals surface area contributed by atoms with Gasteiger partial charge in [-0.1, -0.05) is 38.1 Å². The first kappa shape index (κ1) is 27.7. The minimum atomic E-state index is -1.26. The molecule has 0 amide bonds. The SMILES string of the molecule is CC(C)(c1ccc(OCCCO)cc1)c1ccc(OCCCO)cc1.O=C(O)C=CC(=O)O. The van der Waals surface area contributed by atoms with E-state index in [1.54, 1.807) is 0 Å². The van der Waals surface area contributed by atoms with Crippen LogP contribution in [-0.4, -0.2) is 58.8 Å². The standard InChI is InChI=1S/C21H28O4.C4H4O4/c1-21(2,17-5-9-19(10-6-17)24-15-3-13-22)18-7-11-20(12-8-18)25-16-4-14-23;5-3(6)1-2-4(7)8/h5-12,22-23H,3-4,13-16H2,1-2H3;1-2H,(H,5,6)(H,7,8). The van der Waals surface area contributed by atoms with Gasteiger partial charge >= 0.3 is 11.9 Å². The molecule has 33 heavy (non-hydrogen) atoms. The van der Waals surface area contributed by atoms with E-state index in [4.69, 9.17) is 29.9 Å². The van der Waals surface area contributed by atoms with Crippen molar-refractivity contribution in [1.29, 1.82) is 0 Å². The topological polar surface area (TPSA) is 134 Å². The number of aliphatic hydroxyl groups excluding tert-OH is 2. The van der Waals surface area contributed by atoms with Crippen LogP contribution in [0.2, 0.25) is 0 Å². The summed E-state index contributed by atoms with van der Waals surface area (Å²) in [6.45, 7) is 5.72. The van der Waals surface area contributed by atoms with E-state index in [1.807, 2.05) is 24.3 Å². The second-order valence-corrected chi connectivity index (χ2v) is 7.53. The third kappa shape index (κ3) is 10.7. The van der Waals surface area contributed by atoms with Gasteiger partial charge in [0, 0.05) is 43.6 Å². The maximum atomic E-state index is 9.55. The average Bonchev–Trinajstić information content (AvgIpc) is 2.79. The fourth-order valence-corrected chi connectivity index (χ4v) is 2.75. The van der Waals surface area contributed by atoms with Crippen LogP contribution in [0, 0.1) is 0 Å². The van der Waals surface area contributed by atoms with Crippen molar-refractivity contribution in [3.8, 4) is 11.5 Å². The summed E-state index contributed by atoms with van der Waals surface area (Å²) >= 11 is 0. The van der Waals surface area contributed by atoms with Crippen LogP contribution >= 0.6 is 0 Å². The molecule has 0 aliphatic rings. The first-order chi connectivity index (χ1) is 15.7. The molecule has 0 aliphatic heterocycles.